The summed E-state index contributed by atoms with van der Waals surface area (Å²) in [4.78, 5) is 0. The molecule has 0 heterocycles. The molecule has 0 saturated heterocycles. The molecule has 0 bridgehead atoms. The average Bonchev–Trinajstić information content (AvgIpc) is 2.91. The van der Waals surface area contributed by atoms with Crippen molar-refractivity contribution in [1.82, 2.24) is 0 Å². The molecule has 167 valence electrons. The summed E-state index contributed by atoms with van der Waals surface area (Å²) < 4.78 is 7.10. The van der Waals surface area contributed by atoms with Crippen LogP contribution in [0.5, 0.6) is 5.75 Å². The molecule has 1 aromatic carbocycles. The van der Waals surface area contributed by atoms with Gasteiger partial charge in [0, 0.05) is 0 Å². The molecule has 0 fully saturated rings. The van der Waals surface area contributed by atoms with E-state index >= 15 is 0 Å². The topological polar surface area (TPSA) is 9.23 Å². The summed E-state index contributed by atoms with van der Waals surface area (Å²) >= 11 is 0. The first-order valence-corrected chi connectivity index (χ1v) is 24.5. The molecule has 0 aromatic heterocycles. The standard InChI is InChI=1S/C15H24O.C5H5.5CH3.2ClH.Ti/c1-10-8-11(14(2,3)4)13(16)12(9-10)15(5,6)7;1-2-4-5-3-1;;;;;;;;/h8-9,16H,1-7H3;1-5H;5*1H3;2*1H;/q;;;;;;;;;+3/p-3. The SMILES string of the molecule is Cc1cc(C(C)(C)C)c([O][Ti]([CH3])([CH3])([CH3])([CH3])([CH3])([Cl])([Cl])[CH]2C=CC=C2)c(C(C)(C)C)c1. The number of benzene rings is 1. The first kappa shape index (κ1) is 25.1. The van der Waals surface area contributed by atoms with Crippen molar-refractivity contribution in [3.63, 3.8) is 0 Å². The number of allylic oxidation sites excluding steroid dienone is 4. The molecule has 1 nitrogen and oxygen atoms in total. The van der Waals surface area contributed by atoms with E-state index in [9.17, 15) is 0 Å². The minimum atomic E-state index is -6.60. The third-order valence-corrected chi connectivity index (χ3v) is 18.5. The molecule has 0 amide bonds. The second-order valence-electron chi connectivity index (χ2n) is 18.0. The number of halogens is 2. The summed E-state index contributed by atoms with van der Waals surface area (Å²) in [6.45, 7) is 15.4. The van der Waals surface area contributed by atoms with Crippen LogP contribution in [-0.2, 0) is 19.3 Å². The van der Waals surface area contributed by atoms with E-state index in [2.05, 4.69) is 72.8 Å². The van der Waals surface area contributed by atoms with E-state index < -0.39 is 8.44 Å². The molecule has 1 aromatic rings. The fourth-order valence-electron chi connectivity index (χ4n) is 4.33. The molecule has 0 spiro atoms. The van der Waals surface area contributed by atoms with E-state index in [1.165, 1.54) is 5.56 Å². The van der Waals surface area contributed by atoms with Crippen LogP contribution in [0.2, 0.25) is 30.4 Å². The van der Waals surface area contributed by atoms with Gasteiger partial charge >= 0.3 is 179 Å². The van der Waals surface area contributed by atoms with Crippen molar-refractivity contribution in [2.45, 2.75) is 89.7 Å². The number of rotatable bonds is 3. The van der Waals surface area contributed by atoms with Crippen LogP contribution in [0.15, 0.2) is 36.4 Å². The van der Waals surface area contributed by atoms with E-state index in [0.717, 1.165) is 16.9 Å². The Morgan fingerprint density at radius 3 is 1.41 bits per heavy atom. The molecule has 0 N–H and O–H groups in total. The van der Waals surface area contributed by atoms with Gasteiger partial charge in [0.05, 0.1) is 0 Å². The zero-order chi connectivity index (χ0) is 23.2. The average molecular weight is 478 g/mol. The minimum absolute atomic E-state index is 0.140. The Bertz CT molecular complexity index is 962. The third-order valence-electron chi connectivity index (χ3n) is 6.40. The van der Waals surface area contributed by atoms with Crippen LogP contribution in [0.25, 0.3) is 0 Å². The van der Waals surface area contributed by atoms with E-state index in [1.807, 2.05) is 38.3 Å². The Hall–Kier alpha value is -0.206. The van der Waals surface area contributed by atoms with E-state index in [0.29, 0.717) is 0 Å². The van der Waals surface area contributed by atoms with Crippen molar-refractivity contribution in [3.8, 4) is 5.75 Å². The van der Waals surface area contributed by atoms with Gasteiger partial charge in [0.25, 0.3) is 0 Å². The second-order valence-corrected chi connectivity index (χ2v) is 71.3. The molecule has 4 heteroatoms. The van der Waals surface area contributed by atoms with Crippen LogP contribution in [0, 0.1) is 6.92 Å². The fraction of sp³-hybridized carbons (Fsp3) is 0.600. The van der Waals surface area contributed by atoms with Gasteiger partial charge in [0.1, 0.15) is 0 Å². The number of hydrogen-bond donors (Lipinski definition) is 0. The van der Waals surface area contributed by atoms with Gasteiger partial charge in [-0.05, 0) is 0 Å². The number of hydrogen-bond acceptors (Lipinski definition) is 1. The van der Waals surface area contributed by atoms with Gasteiger partial charge < -0.3 is 0 Å². The Morgan fingerprint density at radius 2 is 1.10 bits per heavy atom. The molecule has 0 aliphatic heterocycles. The molecule has 1 aliphatic carbocycles. The monoisotopic (exact) mass is 477 g/mol. The van der Waals surface area contributed by atoms with Crippen molar-refractivity contribution < 1.29 is 11.8 Å². The van der Waals surface area contributed by atoms with Crippen LogP contribution in [0.4, 0.5) is 0 Å². The first-order valence-electron chi connectivity index (χ1n) is 10.9. The predicted octanol–water partition coefficient (Wildman–Crippen LogP) is 10.2. The van der Waals surface area contributed by atoms with Crippen molar-refractivity contribution in [2.24, 2.45) is 0 Å². The normalized spacial score (nSPS) is 23.3. The maximum atomic E-state index is 8.03. The molecule has 2 rings (SSSR count). The van der Waals surface area contributed by atoms with Gasteiger partial charge in [-0.2, -0.15) is 0 Å². The second kappa shape index (κ2) is 4.10. The van der Waals surface area contributed by atoms with Gasteiger partial charge in [0.15, 0.2) is 0 Å². The summed E-state index contributed by atoms with van der Waals surface area (Å²) in [7, 11) is 9.47. The molecule has 0 saturated carbocycles. The molecule has 1 aliphatic rings. The summed E-state index contributed by atoms with van der Waals surface area (Å²) in [6, 6.07) is 4.43. The zero-order valence-corrected chi connectivity index (χ0v) is 23.8. The molecule has 0 atom stereocenters. The quantitative estimate of drug-likeness (QED) is 0.393. The van der Waals surface area contributed by atoms with Crippen LogP contribution >= 0.6 is 18.6 Å². The molecule has 29 heavy (non-hydrogen) atoms. The van der Waals surface area contributed by atoms with E-state index in [1.54, 1.807) is 0 Å². The van der Waals surface area contributed by atoms with Gasteiger partial charge in [-0.15, -0.1) is 0 Å². The van der Waals surface area contributed by atoms with Crippen molar-refractivity contribution >= 4 is 18.6 Å². The van der Waals surface area contributed by atoms with Gasteiger partial charge in [-0.1, -0.05) is 0 Å². The van der Waals surface area contributed by atoms with Crippen LogP contribution in [0.1, 0.15) is 58.2 Å². The summed E-state index contributed by atoms with van der Waals surface area (Å²) in [5.41, 5.74) is 3.18. The molecular formula is C25H43Cl2OTi. The Labute approximate surface area is 178 Å². The summed E-state index contributed by atoms with van der Waals surface area (Å²) in [5.74, 6) is 0.815. The van der Waals surface area contributed by atoms with Crippen LogP contribution in [0.3, 0.4) is 0 Å². The van der Waals surface area contributed by atoms with Gasteiger partial charge in [-0.25, -0.2) is 0 Å². The Kier molecular flexibility index (Phi) is 3.54. The predicted molar refractivity (Wildman–Crippen MR) is 132 cm³/mol. The van der Waals surface area contributed by atoms with Gasteiger partial charge in [-0.3, -0.25) is 0 Å². The first-order chi connectivity index (χ1) is 11.9. The third kappa shape index (κ3) is 5.00. The summed E-state index contributed by atoms with van der Waals surface area (Å²) in [5, 5.41) is 9.89. The molecular weight excluding hydrogens is 435 g/mol. The van der Waals surface area contributed by atoms with Gasteiger partial charge in [0.2, 0.25) is 0 Å². The van der Waals surface area contributed by atoms with E-state index in [4.69, 9.17) is 21.9 Å². The maximum absolute atomic E-state index is 8.03. The Morgan fingerprint density at radius 1 is 0.759 bits per heavy atom. The summed E-state index contributed by atoms with van der Waals surface area (Å²) in [6.07, 6.45) is 8.16. The molecule has 0 radical (unpaired) electrons. The fourth-order valence-corrected chi connectivity index (χ4v) is 12.8. The van der Waals surface area contributed by atoms with Crippen LogP contribution in [-0.4, -0.2) is 0 Å². The number of aryl methyl sites for hydroxylation is 1. The molecule has 0 unspecified atom stereocenters. The van der Waals surface area contributed by atoms with Crippen molar-refractivity contribution in [1.29, 1.82) is 0 Å². The zero-order valence-electron chi connectivity index (χ0n) is 20.7. The van der Waals surface area contributed by atoms with Crippen molar-refractivity contribution in [3.05, 3.63) is 53.1 Å². The van der Waals surface area contributed by atoms with Crippen LogP contribution < -0.4 is 3.32 Å². The van der Waals surface area contributed by atoms with E-state index in [-0.39, 0.29) is 15.1 Å². The Balaban J connectivity index is 3.12. The van der Waals surface area contributed by atoms with Crippen molar-refractivity contribution in [2.75, 3.05) is 0 Å².